The summed E-state index contributed by atoms with van der Waals surface area (Å²) in [6.45, 7) is 4.49. The number of halogens is 1. The molecule has 1 heterocycles. The maximum absolute atomic E-state index is 13.7. The second kappa shape index (κ2) is 6.67. The van der Waals surface area contributed by atoms with Crippen molar-refractivity contribution < 1.29 is 9.13 Å². The van der Waals surface area contributed by atoms with Gasteiger partial charge in [0.05, 0.1) is 5.69 Å². The van der Waals surface area contributed by atoms with Crippen molar-refractivity contribution in [2.75, 3.05) is 0 Å². The van der Waals surface area contributed by atoms with Gasteiger partial charge >= 0.3 is 0 Å². The highest BCUT2D eigenvalue weighted by Gasteiger charge is 2.08. The molecule has 4 nitrogen and oxygen atoms in total. The fourth-order valence-corrected chi connectivity index (χ4v) is 2.00. The molecule has 0 spiro atoms. The minimum atomic E-state index is -0.481. The normalized spacial score (nSPS) is 12.1. The van der Waals surface area contributed by atoms with E-state index in [2.05, 4.69) is 18.9 Å². The van der Waals surface area contributed by atoms with Crippen molar-refractivity contribution >= 4 is 17.2 Å². The van der Waals surface area contributed by atoms with Crippen LogP contribution in [0.1, 0.15) is 37.6 Å². The van der Waals surface area contributed by atoms with Gasteiger partial charge in [0.15, 0.2) is 0 Å². The van der Waals surface area contributed by atoms with Crippen molar-refractivity contribution in [1.82, 2.24) is 9.78 Å². The third-order valence-corrected chi connectivity index (χ3v) is 3.52. The van der Waals surface area contributed by atoms with E-state index in [0.717, 1.165) is 12.1 Å². The number of aromatic nitrogens is 2. The predicted molar refractivity (Wildman–Crippen MR) is 83.8 cm³/mol. The van der Waals surface area contributed by atoms with Gasteiger partial charge in [0.1, 0.15) is 23.2 Å². The van der Waals surface area contributed by atoms with Crippen LogP contribution in [-0.4, -0.2) is 14.8 Å². The summed E-state index contributed by atoms with van der Waals surface area (Å²) in [7, 11) is 0. The summed E-state index contributed by atoms with van der Waals surface area (Å²) in [6, 6.07) is 6.68. The van der Waals surface area contributed by atoms with Crippen molar-refractivity contribution in [3.05, 3.63) is 47.5 Å². The Balaban J connectivity index is 2.01. The number of benzene rings is 1. The van der Waals surface area contributed by atoms with Gasteiger partial charge in [-0.05, 0) is 31.5 Å². The largest absolute Gasteiger partial charge is 0.487 e. The lowest BCUT2D eigenvalue weighted by atomic mass is 10.2. The molecule has 0 fully saturated rings. The summed E-state index contributed by atoms with van der Waals surface area (Å²) in [4.78, 5) is 0.0337. The van der Waals surface area contributed by atoms with E-state index >= 15 is 0 Å². The second-order valence-corrected chi connectivity index (χ2v) is 5.28. The zero-order valence-electron chi connectivity index (χ0n) is 12.0. The van der Waals surface area contributed by atoms with Gasteiger partial charge in [0, 0.05) is 23.9 Å². The standard InChI is InChI=1S/C15H18FN3OS/c1-3-10(2)19-7-6-11(18-19)9-20-12-4-5-13(15(17)21)14(16)8-12/h4-8,10H,3,9H2,1-2H3,(H2,17,21). The van der Waals surface area contributed by atoms with Gasteiger partial charge in [-0.1, -0.05) is 19.1 Å². The lowest BCUT2D eigenvalue weighted by Gasteiger charge is -2.09. The molecule has 0 aliphatic heterocycles. The van der Waals surface area contributed by atoms with E-state index in [1.165, 1.54) is 12.1 Å². The van der Waals surface area contributed by atoms with Crippen LogP contribution < -0.4 is 10.5 Å². The molecule has 1 aromatic carbocycles. The predicted octanol–water partition coefficient (Wildman–Crippen LogP) is 3.21. The van der Waals surface area contributed by atoms with Crippen LogP contribution in [-0.2, 0) is 6.61 Å². The van der Waals surface area contributed by atoms with E-state index < -0.39 is 5.82 Å². The van der Waals surface area contributed by atoms with Crippen LogP contribution in [0.15, 0.2) is 30.5 Å². The first-order valence-corrected chi connectivity index (χ1v) is 7.18. The molecule has 0 aliphatic carbocycles. The summed E-state index contributed by atoms with van der Waals surface area (Å²) < 4.78 is 21.1. The fourth-order valence-electron chi connectivity index (χ4n) is 1.83. The van der Waals surface area contributed by atoms with Crippen molar-refractivity contribution in [3.63, 3.8) is 0 Å². The fraction of sp³-hybridized carbons (Fsp3) is 0.333. The first kappa shape index (κ1) is 15.4. The van der Waals surface area contributed by atoms with Gasteiger partial charge in [-0.2, -0.15) is 5.10 Å². The molecule has 2 N–H and O–H groups in total. The number of nitrogens with zero attached hydrogens (tertiary/aromatic N) is 2. The van der Waals surface area contributed by atoms with Crippen LogP contribution in [0.4, 0.5) is 4.39 Å². The molecule has 112 valence electrons. The van der Waals surface area contributed by atoms with Crippen LogP contribution >= 0.6 is 12.2 Å². The average Bonchev–Trinajstić information content (AvgIpc) is 2.92. The summed E-state index contributed by atoms with van der Waals surface area (Å²) in [5.41, 5.74) is 6.43. The molecule has 1 atom stereocenters. The van der Waals surface area contributed by atoms with E-state index in [1.54, 1.807) is 6.07 Å². The van der Waals surface area contributed by atoms with Crippen LogP contribution in [0.2, 0.25) is 0 Å². The molecule has 0 aliphatic rings. The van der Waals surface area contributed by atoms with Crippen LogP contribution in [0.3, 0.4) is 0 Å². The average molecular weight is 307 g/mol. The molecule has 6 heteroatoms. The molecule has 1 unspecified atom stereocenters. The molecule has 2 aromatic rings. The minimum absolute atomic E-state index is 0.0337. The first-order valence-electron chi connectivity index (χ1n) is 6.77. The van der Waals surface area contributed by atoms with E-state index in [0.29, 0.717) is 11.8 Å². The molecule has 2 rings (SSSR count). The highest BCUT2D eigenvalue weighted by Crippen LogP contribution is 2.18. The highest BCUT2D eigenvalue weighted by molar-refractivity contribution is 7.80. The van der Waals surface area contributed by atoms with Gasteiger partial charge in [0.2, 0.25) is 0 Å². The SMILES string of the molecule is CCC(C)n1ccc(COc2ccc(C(N)=S)c(F)c2)n1. The molecule has 0 amide bonds. The van der Waals surface area contributed by atoms with E-state index in [-0.39, 0.29) is 17.2 Å². The van der Waals surface area contributed by atoms with Crippen LogP contribution in [0.25, 0.3) is 0 Å². The molecule has 0 saturated carbocycles. The summed E-state index contributed by atoms with van der Waals surface area (Å²) in [5.74, 6) is -0.0595. The number of ether oxygens (including phenoxy) is 1. The van der Waals surface area contributed by atoms with Crippen molar-refractivity contribution in [2.24, 2.45) is 5.73 Å². The Morgan fingerprint density at radius 2 is 2.24 bits per heavy atom. The molecule has 0 saturated heterocycles. The van der Waals surface area contributed by atoms with Crippen molar-refractivity contribution in [3.8, 4) is 5.75 Å². The topological polar surface area (TPSA) is 53.1 Å². The zero-order valence-corrected chi connectivity index (χ0v) is 12.9. The number of nitrogens with two attached hydrogens (primary N) is 1. The molecule has 1 aromatic heterocycles. The Bertz CT molecular complexity index is 642. The molecule has 21 heavy (non-hydrogen) atoms. The second-order valence-electron chi connectivity index (χ2n) is 4.84. The number of hydrogen-bond acceptors (Lipinski definition) is 3. The maximum Gasteiger partial charge on any atom is 0.137 e. The van der Waals surface area contributed by atoms with Crippen molar-refractivity contribution in [2.45, 2.75) is 32.9 Å². The van der Waals surface area contributed by atoms with E-state index in [1.807, 2.05) is 16.9 Å². The van der Waals surface area contributed by atoms with E-state index in [9.17, 15) is 4.39 Å². The monoisotopic (exact) mass is 307 g/mol. The highest BCUT2D eigenvalue weighted by atomic mass is 32.1. The Hall–Kier alpha value is -1.95. The molecular formula is C15H18FN3OS. The quantitative estimate of drug-likeness (QED) is 0.833. The van der Waals surface area contributed by atoms with Crippen LogP contribution in [0.5, 0.6) is 5.75 Å². The first-order chi connectivity index (χ1) is 10.0. The third kappa shape index (κ3) is 3.78. The van der Waals surface area contributed by atoms with Gasteiger partial charge in [-0.25, -0.2) is 4.39 Å². The smallest absolute Gasteiger partial charge is 0.137 e. The zero-order chi connectivity index (χ0) is 15.4. The van der Waals surface area contributed by atoms with E-state index in [4.69, 9.17) is 22.7 Å². The third-order valence-electron chi connectivity index (χ3n) is 3.30. The Morgan fingerprint density at radius 3 is 2.86 bits per heavy atom. The lowest BCUT2D eigenvalue weighted by molar-refractivity contribution is 0.296. The van der Waals surface area contributed by atoms with Crippen LogP contribution in [0, 0.1) is 5.82 Å². The summed E-state index contributed by atoms with van der Waals surface area (Å²) >= 11 is 4.76. The Kier molecular flexibility index (Phi) is 4.90. The summed E-state index contributed by atoms with van der Waals surface area (Å²) in [6.07, 6.45) is 2.93. The maximum atomic E-state index is 13.7. The Morgan fingerprint density at radius 1 is 1.48 bits per heavy atom. The Labute approximate surface area is 128 Å². The van der Waals surface area contributed by atoms with Gasteiger partial charge < -0.3 is 10.5 Å². The lowest BCUT2D eigenvalue weighted by Crippen LogP contribution is -2.11. The molecular weight excluding hydrogens is 289 g/mol. The molecule has 0 radical (unpaired) electrons. The number of thiocarbonyl (C=S) groups is 1. The summed E-state index contributed by atoms with van der Waals surface area (Å²) in [5, 5.41) is 4.42. The number of hydrogen-bond donors (Lipinski definition) is 1. The van der Waals surface area contributed by atoms with Gasteiger partial charge in [-0.3, -0.25) is 4.68 Å². The minimum Gasteiger partial charge on any atom is -0.487 e. The van der Waals surface area contributed by atoms with Gasteiger partial charge in [-0.15, -0.1) is 0 Å². The van der Waals surface area contributed by atoms with Gasteiger partial charge in [0.25, 0.3) is 0 Å². The van der Waals surface area contributed by atoms with Crippen molar-refractivity contribution in [1.29, 1.82) is 0 Å². The number of rotatable bonds is 6. The molecule has 0 bridgehead atoms.